The van der Waals surface area contributed by atoms with Gasteiger partial charge in [-0.3, -0.25) is 18.9 Å². The van der Waals surface area contributed by atoms with Crippen LogP contribution in [0.5, 0.6) is 0 Å². The molecular weight excluding hydrogens is 340 g/mol. The third-order valence-corrected chi connectivity index (χ3v) is 3.55. The number of nitriles is 1. The van der Waals surface area contributed by atoms with Crippen molar-refractivity contribution in [1.29, 1.82) is 5.26 Å². The normalized spacial score (nSPS) is 26.0. The van der Waals surface area contributed by atoms with E-state index in [0.717, 1.165) is 0 Å². The van der Waals surface area contributed by atoms with Crippen LogP contribution in [0.25, 0.3) is 0 Å². The van der Waals surface area contributed by atoms with Gasteiger partial charge in [-0.05, 0) is 0 Å². The number of halogens is 1. The van der Waals surface area contributed by atoms with Crippen LogP contribution in [0.15, 0.2) is 15.8 Å². The highest BCUT2D eigenvalue weighted by Gasteiger charge is 2.43. The van der Waals surface area contributed by atoms with Gasteiger partial charge in [-0.25, -0.2) is 9.36 Å². The zero-order valence-corrected chi connectivity index (χ0v) is 12.1. The van der Waals surface area contributed by atoms with E-state index in [1.807, 2.05) is 0 Å². The summed E-state index contributed by atoms with van der Waals surface area (Å²) in [5.41, 5.74) is -2.25. The Hall–Kier alpha value is -1.87. The summed E-state index contributed by atoms with van der Waals surface area (Å²) in [6.45, 7) is 0. The van der Waals surface area contributed by atoms with E-state index < -0.39 is 49.4 Å². The Labute approximate surface area is 126 Å². The Morgan fingerprint density at radius 1 is 1.57 bits per heavy atom. The molecule has 126 valence electrons. The van der Waals surface area contributed by atoms with Crippen molar-refractivity contribution in [3.05, 3.63) is 32.9 Å². The van der Waals surface area contributed by atoms with Crippen molar-refractivity contribution in [2.24, 2.45) is 0 Å². The molecule has 1 fully saturated rings. The lowest BCUT2D eigenvalue weighted by Gasteiger charge is -2.20. The van der Waals surface area contributed by atoms with Gasteiger partial charge in [0.2, 0.25) is 5.82 Å². The lowest BCUT2D eigenvalue weighted by atomic mass is 10.1. The summed E-state index contributed by atoms with van der Waals surface area (Å²) < 4.78 is 34.1. The van der Waals surface area contributed by atoms with Gasteiger partial charge < -0.3 is 19.6 Å². The average molecular weight is 351 g/mol. The number of ether oxygens (including phenoxy) is 1. The lowest BCUT2D eigenvalue weighted by Crippen LogP contribution is -2.36. The number of aliphatic hydroxyl groups is 1. The molecule has 0 aliphatic carbocycles. The van der Waals surface area contributed by atoms with Gasteiger partial charge in [0.1, 0.15) is 12.3 Å². The number of aromatic amines is 1. The molecule has 0 unspecified atom stereocenters. The van der Waals surface area contributed by atoms with Crippen LogP contribution in [0.2, 0.25) is 0 Å². The Bertz CT molecular complexity index is 795. The molecule has 1 aromatic rings. The van der Waals surface area contributed by atoms with Crippen LogP contribution < -0.4 is 11.2 Å². The highest BCUT2D eigenvalue weighted by atomic mass is 31.2. The van der Waals surface area contributed by atoms with Crippen molar-refractivity contribution in [3.63, 3.8) is 0 Å². The van der Waals surface area contributed by atoms with E-state index in [-0.39, 0.29) is 6.42 Å². The quantitative estimate of drug-likeness (QED) is 0.462. The fraction of sp³-hybridized carbons (Fsp3) is 0.500. The zero-order chi connectivity index (χ0) is 17.4. The highest BCUT2D eigenvalue weighted by Crippen LogP contribution is 2.41. The standard InChI is InChI=1S/C10H11FN3O8P/c11-4-3-14(10(17)13-9(4)16)7-1-5(15)8(21-7)6(2-12)22-23(18,19)20/h3,5-8,15H,1H2,(H,13,16,17)(H2,18,19,20)/t5-,6-,7+,8-/m0/s1. The minimum atomic E-state index is -5.02. The minimum absolute atomic E-state index is 0.293. The predicted octanol–water partition coefficient (Wildman–Crippen LogP) is -1.67. The third-order valence-electron chi connectivity index (χ3n) is 3.05. The van der Waals surface area contributed by atoms with E-state index >= 15 is 0 Å². The maximum Gasteiger partial charge on any atom is 0.470 e. The number of aromatic nitrogens is 2. The minimum Gasteiger partial charge on any atom is -0.390 e. The molecule has 13 heteroatoms. The van der Waals surface area contributed by atoms with Crippen molar-refractivity contribution in [1.82, 2.24) is 9.55 Å². The first-order valence-electron chi connectivity index (χ1n) is 6.10. The molecule has 23 heavy (non-hydrogen) atoms. The fourth-order valence-corrected chi connectivity index (χ4v) is 2.56. The summed E-state index contributed by atoms with van der Waals surface area (Å²) in [6, 6.07) is 1.42. The van der Waals surface area contributed by atoms with E-state index in [1.165, 1.54) is 6.07 Å². The Morgan fingerprint density at radius 2 is 2.22 bits per heavy atom. The van der Waals surface area contributed by atoms with Gasteiger partial charge in [0.05, 0.1) is 18.4 Å². The van der Waals surface area contributed by atoms with Gasteiger partial charge in [-0.15, -0.1) is 0 Å². The first-order valence-corrected chi connectivity index (χ1v) is 7.63. The van der Waals surface area contributed by atoms with Crippen LogP contribution in [0.1, 0.15) is 12.6 Å². The van der Waals surface area contributed by atoms with E-state index in [0.29, 0.717) is 10.8 Å². The molecule has 2 rings (SSSR count). The molecule has 11 nitrogen and oxygen atoms in total. The van der Waals surface area contributed by atoms with Gasteiger partial charge in [0, 0.05) is 6.42 Å². The Kier molecular flexibility index (Phi) is 4.81. The summed E-state index contributed by atoms with van der Waals surface area (Å²) in [5.74, 6) is -1.27. The van der Waals surface area contributed by atoms with E-state index in [4.69, 9.17) is 19.8 Å². The first-order chi connectivity index (χ1) is 10.6. The first kappa shape index (κ1) is 17.5. The second-order valence-corrected chi connectivity index (χ2v) is 5.84. The van der Waals surface area contributed by atoms with Crippen LogP contribution >= 0.6 is 7.82 Å². The number of hydrogen-bond donors (Lipinski definition) is 4. The van der Waals surface area contributed by atoms with Crippen LogP contribution in [0.4, 0.5) is 4.39 Å². The Morgan fingerprint density at radius 3 is 2.78 bits per heavy atom. The summed E-state index contributed by atoms with van der Waals surface area (Å²) in [7, 11) is -5.02. The van der Waals surface area contributed by atoms with E-state index in [9.17, 15) is 23.7 Å². The summed E-state index contributed by atoms with van der Waals surface area (Å²) in [4.78, 5) is 41.7. The monoisotopic (exact) mass is 351 g/mol. The molecule has 0 bridgehead atoms. The number of nitrogens with one attached hydrogen (secondary N) is 1. The van der Waals surface area contributed by atoms with Crippen LogP contribution in [-0.4, -0.2) is 42.8 Å². The summed E-state index contributed by atoms with van der Waals surface area (Å²) >= 11 is 0. The lowest BCUT2D eigenvalue weighted by molar-refractivity contribution is -0.0646. The fourth-order valence-electron chi connectivity index (χ4n) is 2.10. The molecule has 0 saturated carbocycles. The van der Waals surface area contributed by atoms with Gasteiger partial charge in [-0.1, -0.05) is 0 Å². The maximum absolute atomic E-state index is 13.3. The number of aliphatic hydroxyl groups excluding tert-OH is 1. The van der Waals surface area contributed by atoms with Crippen LogP contribution in [0, 0.1) is 17.1 Å². The van der Waals surface area contributed by atoms with Crippen molar-refractivity contribution in [2.75, 3.05) is 0 Å². The predicted molar refractivity (Wildman–Crippen MR) is 68.3 cm³/mol. The van der Waals surface area contributed by atoms with E-state index in [1.54, 1.807) is 4.98 Å². The molecule has 0 spiro atoms. The molecule has 1 saturated heterocycles. The molecule has 1 aromatic heterocycles. The summed E-state index contributed by atoms with van der Waals surface area (Å²) in [6.07, 6.45) is -5.72. The molecule has 4 N–H and O–H groups in total. The third kappa shape index (κ3) is 3.91. The number of nitrogens with zero attached hydrogens (tertiary/aromatic N) is 2. The van der Waals surface area contributed by atoms with Gasteiger partial charge >= 0.3 is 13.5 Å². The molecular formula is C10H11FN3O8P. The summed E-state index contributed by atoms with van der Waals surface area (Å²) in [5, 5.41) is 18.7. The average Bonchev–Trinajstić information content (AvgIpc) is 2.81. The van der Waals surface area contributed by atoms with Crippen LogP contribution in [0.3, 0.4) is 0 Å². The Balaban J connectivity index is 2.26. The maximum atomic E-state index is 13.3. The van der Waals surface area contributed by atoms with Crippen molar-refractivity contribution >= 4 is 7.82 Å². The van der Waals surface area contributed by atoms with Crippen molar-refractivity contribution in [2.45, 2.75) is 31.0 Å². The largest absolute Gasteiger partial charge is 0.470 e. The molecule has 0 radical (unpaired) electrons. The SMILES string of the molecule is N#C[C@H](OP(=O)(O)O)[C@H]1O[C@@H](n2cc(F)c(=O)[nH]c2=O)C[C@@H]1O. The number of H-pyrrole nitrogens is 1. The van der Waals surface area contributed by atoms with Crippen molar-refractivity contribution < 1.29 is 33.1 Å². The number of phosphoric ester groups is 1. The van der Waals surface area contributed by atoms with Crippen molar-refractivity contribution in [3.8, 4) is 6.07 Å². The van der Waals surface area contributed by atoms with E-state index in [2.05, 4.69) is 4.52 Å². The smallest absolute Gasteiger partial charge is 0.390 e. The molecule has 1 aliphatic rings. The zero-order valence-electron chi connectivity index (χ0n) is 11.2. The van der Waals surface area contributed by atoms with Gasteiger partial charge in [0.25, 0.3) is 5.56 Å². The number of hydrogen-bond acceptors (Lipinski definition) is 7. The molecule has 0 amide bonds. The molecule has 2 heterocycles. The number of phosphoric acid groups is 1. The molecule has 4 atom stereocenters. The van der Waals surface area contributed by atoms with Gasteiger partial charge in [-0.2, -0.15) is 9.65 Å². The molecule has 1 aliphatic heterocycles. The van der Waals surface area contributed by atoms with Gasteiger partial charge in [0.15, 0.2) is 6.10 Å². The second-order valence-electron chi connectivity index (χ2n) is 4.65. The highest BCUT2D eigenvalue weighted by molar-refractivity contribution is 7.46. The van der Waals surface area contributed by atoms with Crippen LogP contribution in [-0.2, 0) is 13.8 Å². The topological polar surface area (TPSA) is 175 Å². The number of rotatable bonds is 4. The molecule has 0 aromatic carbocycles. The second kappa shape index (κ2) is 6.32.